The topological polar surface area (TPSA) is 97.7 Å². The molecule has 7 nitrogen and oxygen atoms in total. The maximum Gasteiger partial charge on any atom is 0.330 e. The van der Waals surface area contributed by atoms with Gasteiger partial charge in [0.2, 0.25) is 0 Å². The van der Waals surface area contributed by atoms with Gasteiger partial charge in [0.25, 0.3) is 10.0 Å². The van der Waals surface area contributed by atoms with Gasteiger partial charge in [0.05, 0.1) is 10.4 Å². The first-order valence-corrected chi connectivity index (χ1v) is 10.1. The van der Waals surface area contributed by atoms with Gasteiger partial charge in [0.1, 0.15) is 18.5 Å². The summed E-state index contributed by atoms with van der Waals surface area (Å²) in [6.45, 7) is 1.62. The second-order valence-corrected chi connectivity index (χ2v) is 8.01. The average Bonchev–Trinajstić information content (AvgIpc) is 2.96. The Hall–Kier alpha value is -3.26. The van der Waals surface area contributed by atoms with Crippen LogP contribution in [0.3, 0.4) is 0 Å². The number of hydrogen-bond acceptors (Lipinski definition) is 6. The number of pyridine rings is 1. The third-order valence-corrected chi connectivity index (χ3v) is 5.81. The Morgan fingerprint density at radius 2 is 1.93 bits per heavy atom. The molecule has 2 heterocycles. The highest BCUT2D eigenvalue weighted by atomic mass is 32.2. The molecule has 8 heteroatoms. The molecule has 0 saturated carbocycles. The minimum absolute atomic E-state index is 0.0602. The number of ether oxygens (including phenoxy) is 1. The molecule has 2 aromatic carbocycles. The van der Waals surface area contributed by atoms with E-state index in [-0.39, 0.29) is 17.3 Å². The van der Waals surface area contributed by atoms with Gasteiger partial charge in [-0.2, -0.15) is 0 Å². The van der Waals surface area contributed by atoms with Gasteiger partial charge in [-0.1, -0.05) is 36.4 Å². The standard InChI is InChI=1S/C20H17N3O4S/c1-13(22-19-16-9-2-3-10-17(16)28(25,26)23-19)20(24)27-12-15-7-4-6-14-8-5-11-21-18(14)15/h2-11,13H,12H2,1H3,(H,22,23)/t13-/m0/s1. The summed E-state index contributed by atoms with van der Waals surface area (Å²) in [5, 5.41) is 0.960. The number of benzene rings is 2. The van der Waals surface area contributed by atoms with E-state index in [1.54, 1.807) is 31.3 Å². The fourth-order valence-electron chi connectivity index (χ4n) is 3.03. The zero-order chi connectivity index (χ0) is 19.7. The highest BCUT2D eigenvalue weighted by Gasteiger charge is 2.31. The summed E-state index contributed by atoms with van der Waals surface area (Å²) < 4.78 is 32.0. The van der Waals surface area contributed by atoms with Crippen LogP contribution in [0, 0.1) is 0 Å². The van der Waals surface area contributed by atoms with E-state index in [9.17, 15) is 13.2 Å². The molecule has 0 aliphatic carbocycles. The number of sulfonamides is 1. The van der Waals surface area contributed by atoms with Gasteiger partial charge in [-0.05, 0) is 25.1 Å². The van der Waals surface area contributed by atoms with Crippen molar-refractivity contribution in [1.82, 2.24) is 9.71 Å². The van der Waals surface area contributed by atoms with E-state index in [1.165, 1.54) is 6.07 Å². The molecule has 1 aliphatic heterocycles. The Morgan fingerprint density at radius 3 is 2.79 bits per heavy atom. The van der Waals surface area contributed by atoms with E-state index in [2.05, 4.69) is 14.7 Å². The summed E-state index contributed by atoms with van der Waals surface area (Å²) in [7, 11) is -3.65. The molecule has 1 N–H and O–H groups in total. The first kappa shape index (κ1) is 18.1. The smallest absolute Gasteiger partial charge is 0.330 e. The van der Waals surface area contributed by atoms with Crippen LogP contribution < -0.4 is 4.72 Å². The van der Waals surface area contributed by atoms with Gasteiger partial charge in [-0.3, -0.25) is 14.7 Å². The zero-order valence-corrected chi connectivity index (χ0v) is 15.8. The van der Waals surface area contributed by atoms with Crippen molar-refractivity contribution in [2.24, 2.45) is 4.99 Å². The molecule has 142 valence electrons. The lowest BCUT2D eigenvalue weighted by atomic mass is 10.1. The molecule has 0 fully saturated rings. The van der Waals surface area contributed by atoms with Crippen molar-refractivity contribution in [3.8, 4) is 0 Å². The van der Waals surface area contributed by atoms with Crippen LogP contribution >= 0.6 is 0 Å². The predicted molar refractivity (Wildman–Crippen MR) is 104 cm³/mol. The SMILES string of the molecule is C[C@H](N=C1NS(=O)(=O)c2ccccc21)C(=O)OCc1cccc2cccnc12. The van der Waals surface area contributed by atoms with Gasteiger partial charge in [-0.15, -0.1) is 0 Å². The number of hydrogen-bond donors (Lipinski definition) is 1. The van der Waals surface area contributed by atoms with Crippen LogP contribution in [0.2, 0.25) is 0 Å². The van der Waals surface area contributed by atoms with Crippen molar-refractivity contribution in [2.45, 2.75) is 24.5 Å². The first-order chi connectivity index (χ1) is 13.5. The van der Waals surface area contributed by atoms with Crippen LogP contribution in [0.25, 0.3) is 10.9 Å². The van der Waals surface area contributed by atoms with E-state index in [4.69, 9.17) is 4.74 Å². The summed E-state index contributed by atoms with van der Waals surface area (Å²) in [5.74, 6) is -0.407. The number of rotatable bonds is 4. The van der Waals surface area contributed by atoms with Crippen LogP contribution in [-0.2, 0) is 26.2 Å². The lowest BCUT2D eigenvalue weighted by Crippen LogP contribution is -2.26. The molecule has 0 saturated heterocycles. The van der Waals surface area contributed by atoms with Gasteiger partial charge < -0.3 is 4.74 Å². The minimum atomic E-state index is -3.65. The molecule has 0 bridgehead atoms. The lowest BCUT2D eigenvalue weighted by molar-refractivity contribution is -0.145. The Balaban J connectivity index is 1.51. The van der Waals surface area contributed by atoms with Gasteiger partial charge >= 0.3 is 5.97 Å². The molecule has 0 amide bonds. The summed E-state index contributed by atoms with van der Waals surface area (Å²) in [6.07, 6.45) is 1.69. The third kappa shape index (κ3) is 3.34. The molecule has 1 aromatic heterocycles. The van der Waals surface area contributed by atoms with E-state index in [0.29, 0.717) is 5.56 Å². The Kier molecular flexibility index (Phi) is 4.56. The maximum atomic E-state index is 12.4. The van der Waals surface area contributed by atoms with Crippen molar-refractivity contribution in [3.63, 3.8) is 0 Å². The number of carbonyl (C=O) groups excluding carboxylic acids is 1. The summed E-state index contributed by atoms with van der Waals surface area (Å²) in [4.78, 5) is 21.1. The van der Waals surface area contributed by atoms with Crippen LogP contribution in [0.15, 0.2) is 70.7 Å². The second-order valence-electron chi connectivity index (χ2n) is 6.36. The molecule has 3 aromatic rings. The predicted octanol–water partition coefficient (Wildman–Crippen LogP) is 2.41. The number of aliphatic imine (C=N–C) groups is 1. The van der Waals surface area contributed by atoms with E-state index in [1.807, 2.05) is 30.3 Å². The molecular formula is C20H17N3O4S. The molecule has 1 atom stereocenters. The lowest BCUT2D eigenvalue weighted by Gasteiger charge is -2.10. The monoisotopic (exact) mass is 395 g/mol. The van der Waals surface area contributed by atoms with Crippen molar-refractivity contribution in [1.29, 1.82) is 0 Å². The molecule has 1 aliphatic rings. The first-order valence-electron chi connectivity index (χ1n) is 8.65. The number of nitrogens with zero attached hydrogens (tertiary/aromatic N) is 2. The fraction of sp³-hybridized carbons (Fsp3) is 0.150. The van der Waals surface area contributed by atoms with Crippen LogP contribution in [0.4, 0.5) is 0 Å². The molecule has 28 heavy (non-hydrogen) atoms. The van der Waals surface area contributed by atoms with Crippen molar-refractivity contribution in [3.05, 3.63) is 71.9 Å². The van der Waals surface area contributed by atoms with E-state index >= 15 is 0 Å². The largest absolute Gasteiger partial charge is 0.459 e. The number of fused-ring (bicyclic) bond motifs is 2. The van der Waals surface area contributed by atoms with Crippen LogP contribution in [0.5, 0.6) is 0 Å². The van der Waals surface area contributed by atoms with Crippen molar-refractivity contribution < 1.29 is 17.9 Å². The van der Waals surface area contributed by atoms with Crippen LogP contribution in [0.1, 0.15) is 18.1 Å². The van der Waals surface area contributed by atoms with Gasteiger partial charge in [-0.25, -0.2) is 13.2 Å². The normalized spacial score (nSPS) is 17.1. The maximum absolute atomic E-state index is 12.4. The number of para-hydroxylation sites is 1. The zero-order valence-electron chi connectivity index (χ0n) is 15.0. The molecule has 0 spiro atoms. The minimum Gasteiger partial charge on any atom is -0.459 e. The number of esters is 1. The molecule has 4 rings (SSSR count). The van der Waals surface area contributed by atoms with Crippen molar-refractivity contribution in [2.75, 3.05) is 0 Å². The van der Waals surface area contributed by atoms with Gasteiger partial charge in [0, 0.05) is 22.7 Å². The second kappa shape index (κ2) is 7.05. The van der Waals surface area contributed by atoms with Crippen LogP contribution in [-0.4, -0.2) is 31.2 Å². The summed E-state index contributed by atoms with van der Waals surface area (Å²) >= 11 is 0. The van der Waals surface area contributed by atoms with Crippen molar-refractivity contribution >= 4 is 32.7 Å². The quantitative estimate of drug-likeness (QED) is 0.684. The fourth-order valence-corrected chi connectivity index (χ4v) is 4.27. The number of carbonyl (C=O) groups is 1. The Morgan fingerprint density at radius 1 is 1.14 bits per heavy atom. The summed E-state index contributed by atoms with van der Waals surface area (Å²) in [5.41, 5.74) is 2.01. The Bertz CT molecular complexity index is 1200. The molecule has 0 radical (unpaired) electrons. The Labute approximate surface area is 162 Å². The van der Waals surface area contributed by atoms with E-state index in [0.717, 1.165) is 16.5 Å². The summed E-state index contributed by atoms with van der Waals surface area (Å²) in [6, 6.07) is 15.1. The third-order valence-electron chi connectivity index (χ3n) is 4.41. The van der Waals surface area contributed by atoms with E-state index < -0.39 is 22.0 Å². The highest BCUT2D eigenvalue weighted by Crippen LogP contribution is 2.23. The average molecular weight is 395 g/mol. The molecular weight excluding hydrogens is 378 g/mol. The molecule has 0 unspecified atom stereocenters. The number of nitrogens with one attached hydrogen (secondary N) is 1. The highest BCUT2D eigenvalue weighted by molar-refractivity contribution is 7.90. The van der Waals surface area contributed by atoms with Gasteiger partial charge in [0.15, 0.2) is 0 Å². The number of aromatic nitrogens is 1. The number of amidine groups is 1.